The molecule has 0 unspecified atom stereocenters. The van der Waals surface area contributed by atoms with Gasteiger partial charge in [0, 0.05) is 44.1 Å². The van der Waals surface area contributed by atoms with Crippen molar-refractivity contribution in [3.8, 4) is 0 Å². The van der Waals surface area contributed by atoms with E-state index in [0.29, 0.717) is 6.04 Å². The van der Waals surface area contributed by atoms with Gasteiger partial charge in [-0.15, -0.1) is 21.5 Å². The van der Waals surface area contributed by atoms with E-state index in [1.165, 1.54) is 10.7 Å². The van der Waals surface area contributed by atoms with Gasteiger partial charge in [0.25, 0.3) is 0 Å². The van der Waals surface area contributed by atoms with E-state index in [4.69, 9.17) is 0 Å². The first-order valence-corrected chi connectivity index (χ1v) is 8.89. The van der Waals surface area contributed by atoms with Crippen LogP contribution < -0.4 is 0 Å². The topological polar surface area (TPSA) is 50.1 Å². The summed E-state index contributed by atoms with van der Waals surface area (Å²) in [4.78, 5) is 9.71. The van der Waals surface area contributed by atoms with E-state index >= 15 is 0 Å². The Balaban J connectivity index is 1.30. The normalized spacial score (nSPS) is 20.1. The Labute approximate surface area is 134 Å². The molecule has 0 aromatic carbocycles. The summed E-state index contributed by atoms with van der Waals surface area (Å²) >= 11 is 1.78. The Morgan fingerprint density at radius 1 is 1.27 bits per heavy atom. The minimum atomic E-state index is 0.662. The highest BCUT2D eigenvalue weighted by atomic mass is 32.1. The minimum Gasteiger partial charge on any atom is -0.313 e. The fourth-order valence-electron chi connectivity index (χ4n) is 3.35. The van der Waals surface area contributed by atoms with Gasteiger partial charge in [0.05, 0.1) is 17.2 Å². The molecular formula is C15H22N6S. The molecule has 0 bridgehead atoms. The van der Waals surface area contributed by atoms with Crippen LogP contribution >= 0.6 is 11.3 Å². The molecule has 2 aliphatic heterocycles. The molecule has 2 aromatic heterocycles. The maximum Gasteiger partial charge on any atom is 0.147 e. The van der Waals surface area contributed by atoms with Crippen molar-refractivity contribution in [1.29, 1.82) is 0 Å². The Kier molecular flexibility index (Phi) is 3.71. The van der Waals surface area contributed by atoms with Gasteiger partial charge in [-0.1, -0.05) is 6.92 Å². The van der Waals surface area contributed by atoms with E-state index in [1.807, 2.05) is 6.92 Å². The molecule has 118 valence electrons. The number of hydrogen-bond acceptors (Lipinski definition) is 6. The molecule has 0 radical (unpaired) electrons. The van der Waals surface area contributed by atoms with Crippen molar-refractivity contribution >= 4 is 11.3 Å². The average molecular weight is 318 g/mol. The van der Waals surface area contributed by atoms with E-state index < -0.39 is 0 Å². The van der Waals surface area contributed by atoms with Crippen LogP contribution in [0.15, 0.2) is 5.38 Å². The maximum atomic E-state index is 4.66. The fraction of sp³-hybridized carbons (Fsp3) is 0.667. The molecule has 0 amide bonds. The van der Waals surface area contributed by atoms with Crippen LogP contribution in [0.5, 0.6) is 0 Å². The molecule has 0 saturated carbocycles. The molecule has 0 aliphatic carbocycles. The number of likely N-dealkylation sites (tertiary alicyclic amines) is 1. The zero-order valence-corrected chi connectivity index (χ0v) is 14.0. The molecule has 0 spiro atoms. The number of aromatic nitrogens is 4. The second kappa shape index (κ2) is 5.72. The first-order chi connectivity index (χ1) is 10.7. The maximum absolute atomic E-state index is 4.66. The summed E-state index contributed by atoms with van der Waals surface area (Å²) in [5.74, 6) is 2.16. The van der Waals surface area contributed by atoms with Crippen LogP contribution in [0, 0.1) is 6.92 Å². The van der Waals surface area contributed by atoms with Crippen LogP contribution in [0.3, 0.4) is 0 Å². The van der Waals surface area contributed by atoms with Crippen LogP contribution in [0.25, 0.3) is 0 Å². The molecule has 1 fully saturated rings. The SMILES string of the molecule is CCc1nc(CN2CC(N3CCn4c(C)nnc4C3)C2)cs1. The summed E-state index contributed by atoms with van der Waals surface area (Å²) in [5.41, 5.74) is 1.23. The third kappa shape index (κ3) is 2.57. The van der Waals surface area contributed by atoms with Crippen molar-refractivity contribution < 1.29 is 0 Å². The standard InChI is InChI=1S/C15H22N6S/c1-3-15-16-12(10-22-15)6-19-7-13(8-19)20-4-5-21-11(2)17-18-14(21)9-20/h10,13H,3-9H2,1-2H3. The van der Waals surface area contributed by atoms with E-state index in [0.717, 1.165) is 57.3 Å². The molecule has 22 heavy (non-hydrogen) atoms. The number of thiazole rings is 1. The van der Waals surface area contributed by atoms with Gasteiger partial charge in [-0.25, -0.2) is 4.98 Å². The van der Waals surface area contributed by atoms with Crippen molar-refractivity contribution in [3.05, 3.63) is 27.7 Å². The molecular weight excluding hydrogens is 296 g/mol. The van der Waals surface area contributed by atoms with Crippen molar-refractivity contribution in [2.75, 3.05) is 19.6 Å². The molecule has 2 aliphatic rings. The monoisotopic (exact) mass is 318 g/mol. The third-order valence-corrected chi connectivity index (χ3v) is 5.75. The number of aryl methyl sites for hydroxylation is 2. The van der Waals surface area contributed by atoms with Crippen LogP contribution in [-0.2, 0) is 26.1 Å². The van der Waals surface area contributed by atoms with Gasteiger partial charge >= 0.3 is 0 Å². The summed E-state index contributed by atoms with van der Waals surface area (Å²) in [5, 5.41) is 11.9. The smallest absolute Gasteiger partial charge is 0.147 e. The van der Waals surface area contributed by atoms with Crippen molar-refractivity contribution in [1.82, 2.24) is 29.5 Å². The van der Waals surface area contributed by atoms with Gasteiger partial charge < -0.3 is 4.57 Å². The molecule has 6 nitrogen and oxygen atoms in total. The second-order valence-electron chi connectivity index (χ2n) is 6.22. The van der Waals surface area contributed by atoms with Crippen molar-refractivity contribution in [2.24, 2.45) is 0 Å². The number of nitrogens with zero attached hydrogens (tertiary/aromatic N) is 6. The fourth-order valence-corrected chi connectivity index (χ4v) is 4.09. The summed E-state index contributed by atoms with van der Waals surface area (Å²) in [6.45, 7) is 10.6. The van der Waals surface area contributed by atoms with E-state index in [1.54, 1.807) is 11.3 Å². The largest absolute Gasteiger partial charge is 0.313 e. The van der Waals surface area contributed by atoms with Gasteiger partial charge in [0.15, 0.2) is 0 Å². The lowest BCUT2D eigenvalue weighted by Crippen LogP contribution is -2.60. The molecule has 1 saturated heterocycles. The average Bonchev–Trinajstić information content (AvgIpc) is 3.09. The number of fused-ring (bicyclic) bond motifs is 1. The summed E-state index contributed by atoms with van der Waals surface area (Å²) in [6, 6.07) is 0.662. The van der Waals surface area contributed by atoms with Crippen LogP contribution in [-0.4, -0.2) is 55.2 Å². The number of hydrogen-bond donors (Lipinski definition) is 0. The first kappa shape index (κ1) is 14.3. The molecule has 4 rings (SSSR count). The highest BCUT2D eigenvalue weighted by Gasteiger charge is 2.34. The minimum absolute atomic E-state index is 0.662. The molecule has 7 heteroatoms. The molecule has 4 heterocycles. The second-order valence-corrected chi connectivity index (χ2v) is 7.16. The summed E-state index contributed by atoms with van der Waals surface area (Å²) in [7, 11) is 0. The lowest BCUT2D eigenvalue weighted by Gasteiger charge is -2.46. The highest BCUT2D eigenvalue weighted by molar-refractivity contribution is 7.09. The van der Waals surface area contributed by atoms with Crippen molar-refractivity contribution in [2.45, 2.75) is 45.9 Å². The Bertz CT molecular complexity index is 657. The number of rotatable bonds is 4. The van der Waals surface area contributed by atoms with Gasteiger partial charge in [0.1, 0.15) is 11.6 Å². The Morgan fingerprint density at radius 2 is 2.14 bits per heavy atom. The van der Waals surface area contributed by atoms with Gasteiger partial charge in [-0.3, -0.25) is 9.80 Å². The van der Waals surface area contributed by atoms with Gasteiger partial charge in [-0.2, -0.15) is 0 Å². The summed E-state index contributed by atoms with van der Waals surface area (Å²) in [6.07, 6.45) is 1.04. The van der Waals surface area contributed by atoms with Gasteiger partial charge in [0.2, 0.25) is 0 Å². The predicted octanol–water partition coefficient (Wildman–Crippen LogP) is 1.31. The lowest BCUT2D eigenvalue weighted by molar-refractivity contribution is 0.0123. The quantitative estimate of drug-likeness (QED) is 0.851. The predicted molar refractivity (Wildman–Crippen MR) is 85.7 cm³/mol. The molecule has 2 aromatic rings. The van der Waals surface area contributed by atoms with Crippen LogP contribution in [0.1, 0.15) is 29.3 Å². The Morgan fingerprint density at radius 3 is 2.91 bits per heavy atom. The van der Waals surface area contributed by atoms with Crippen LogP contribution in [0.4, 0.5) is 0 Å². The lowest BCUT2D eigenvalue weighted by atomic mass is 10.1. The zero-order valence-electron chi connectivity index (χ0n) is 13.2. The zero-order chi connectivity index (χ0) is 15.1. The molecule has 0 N–H and O–H groups in total. The highest BCUT2D eigenvalue weighted by Crippen LogP contribution is 2.23. The van der Waals surface area contributed by atoms with Crippen molar-refractivity contribution in [3.63, 3.8) is 0 Å². The van der Waals surface area contributed by atoms with E-state index in [-0.39, 0.29) is 0 Å². The Hall–Kier alpha value is -1.31. The van der Waals surface area contributed by atoms with Gasteiger partial charge in [-0.05, 0) is 13.3 Å². The third-order valence-electron chi connectivity index (χ3n) is 4.71. The van der Waals surface area contributed by atoms with E-state index in [2.05, 4.69) is 41.9 Å². The summed E-state index contributed by atoms with van der Waals surface area (Å²) < 4.78 is 2.24. The van der Waals surface area contributed by atoms with E-state index in [9.17, 15) is 0 Å². The van der Waals surface area contributed by atoms with Crippen LogP contribution in [0.2, 0.25) is 0 Å². The molecule has 0 atom stereocenters. The first-order valence-electron chi connectivity index (χ1n) is 8.01.